The van der Waals surface area contributed by atoms with Crippen molar-refractivity contribution >= 4 is 14.1 Å². The lowest BCUT2D eigenvalue weighted by Crippen LogP contribution is -2.44. The fourth-order valence-electron chi connectivity index (χ4n) is 2.81. The summed E-state index contributed by atoms with van der Waals surface area (Å²) < 4.78 is 6.83. The van der Waals surface area contributed by atoms with E-state index >= 15 is 0 Å². The number of benzene rings is 1. The Morgan fingerprint density at radius 3 is 1.85 bits per heavy atom. The number of rotatable bonds is 8. The molecule has 0 heterocycles. The van der Waals surface area contributed by atoms with Crippen molar-refractivity contribution in [3.8, 4) is 5.75 Å². The van der Waals surface area contributed by atoms with E-state index in [2.05, 4.69) is 73.7 Å². The molecule has 0 aliphatic carbocycles. The smallest absolute Gasteiger partial charge is 0.250 e. The molecule has 0 spiro atoms. The van der Waals surface area contributed by atoms with Gasteiger partial charge in [0.2, 0.25) is 0 Å². The topological polar surface area (TPSA) is 26.3 Å². The highest BCUT2D eigenvalue weighted by molar-refractivity contribution is 6.74. The molecule has 1 aromatic rings. The lowest BCUT2D eigenvalue weighted by molar-refractivity contribution is -0.117. The van der Waals surface area contributed by atoms with Gasteiger partial charge in [-0.05, 0) is 66.4 Å². The number of aryl methyl sites for hydroxylation is 1. The monoisotopic (exact) mass is 376 g/mol. The van der Waals surface area contributed by atoms with Gasteiger partial charge in [-0.2, -0.15) is 0 Å². The molecule has 0 saturated carbocycles. The molecule has 0 fully saturated rings. The van der Waals surface area contributed by atoms with Crippen molar-refractivity contribution < 1.29 is 9.22 Å². The molecule has 0 atom stereocenters. The maximum absolute atomic E-state index is 11.3. The van der Waals surface area contributed by atoms with Crippen LogP contribution in [0.5, 0.6) is 5.75 Å². The third-order valence-corrected chi connectivity index (χ3v) is 9.93. The van der Waals surface area contributed by atoms with Gasteiger partial charge in [0.05, 0.1) is 0 Å². The van der Waals surface area contributed by atoms with Crippen LogP contribution in [0.3, 0.4) is 0 Å². The predicted octanol–water partition coefficient (Wildman–Crippen LogP) is 7.23. The second-order valence-corrected chi connectivity index (χ2v) is 14.6. The number of Topliss-reactive ketones (excluding diaryl/α,β-unsaturated/α-hetero) is 1. The molecule has 0 bridgehead atoms. The van der Waals surface area contributed by atoms with E-state index in [0.717, 1.165) is 18.6 Å². The first-order chi connectivity index (χ1) is 11.8. The van der Waals surface area contributed by atoms with E-state index in [1.54, 1.807) is 6.92 Å². The first-order valence-electron chi connectivity index (χ1n) is 10.1. The van der Waals surface area contributed by atoms with Crippen molar-refractivity contribution in [1.29, 1.82) is 0 Å². The fourth-order valence-corrected chi connectivity index (χ4v) is 3.86. The van der Waals surface area contributed by atoms with E-state index in [0.29, 0.717) is 18.3 Å². The molecule has 148 valence electrons. The first kappa shape index (κ1) is 22.9. The van der Waals surface area contributed by atoms with Gasteiger partial charge in [0.25, 0.3) is 8.32 Å². The summed E-state index contributed by atoms with van der Waals surface area (Å²) in [5.74, 6) is 2.23. The summed E-state index contributed by atoms with van der Waals surface area (Å²) in [6.07, 6.45) is 2.54. The highest BCUT2D eigenvalue weighted by Crippen LogP contribution is 2.43. The van der Waals surface area contributed by atoms with Crippen LogP contribution < -0.4 is 4.43 Å². The molecule has 1 rings (SSSR count). The molecule has 0 aliphatic heterocycles. The summed E-state index contributed by atoms with van der Waals surface area (Å²) >= 11 is 0. The maximum Gasteiger partial charge on any atom is 0.250 e. The van der Waals surface area contributed by atoms with Crippen molar-refractivity contribution in [2.45, 2.75) is 105 Å². The SMILES string of the molecule is CC(=O)CCCc1cc(C(C)C)c(O[Si](C)(C)C(C)(C)C)c(C(C)C)c1. The molecule has 0 aromatic heterocycles. The third kappa shape index (κ3) is 5.97. The molecular weight excluding hydrogens is 336 g/mol. The predicted molar refractivity (Wildman–Crippen MR) is 116 cm³/mol. The summed E-state index contributed by atoms with van der Waals surface area (Å²) in [6.45, 7) is 22.2. The minimum Gasteiger partial charge on any atom is -0.543 e. The zero-order valence-corrected chi connectivity index (χ0v) is 19.7. The quantitative estimate of drug-likeness (QED) is 0.447. The van der Waals surface area contributed by atoms with Gasteiger partial charge in [-0.15, -0.1) is 0 Å². The average molecular weight is 377 g/mol. The maximum atomic E-state index is 11.3. The standard InChI is InChI=1S/C23H40O2Si/c1-16(2)20-14-19(13-11-12-18(5)24)15-21(17(3)4)22(20)25-26(9,10)23(6,7)8/h14-17H,11-13H2,1-10H3. The normalized spacial score (nSPS) is 12.8. The number of carbonyl (C=O) groups is 1. The van der Waals surface area contributed by atoms with E-state index < -0.39 is 8.32 Å². The summed E-state index contributed by atoms with van der Waals surface area (Å²) in [5.41, 5.74) is 3.97. The summed E-state index contributed by atoms with van der Waals surface area (Å²) in [7, 11) is -1.90. The van der Waals surface area contributed by atoms with Gasteiger partial charge in [0.15, 0.2) is 0 Å². The van der Waals surface area contributed by atoms with Crippen molar-refractivity contribution in [3.05, 3.63) is 28.8 Å². The molecule has 2 nitrogen and oxygen atoms in total. The van der Waals surface area contributed by atoms with Crippen LogP contribution in [0.15, 0.2) is 12.1 Å². The molecule has 0 unspecified atom stereocenters. The summed E-state index contributed by atoms with van der Waals surface area (Å²) in [4.78, 5) is 11.3. The first-order valence-corrected chi connectivity index (χ1v) is 13.0. The van der Waals surface area contributed by atoms with Gasteiger partial charge in [-0.3, -0.25) is 0 Å². The summed E-state index contributed by atoms with van der Waals surface area (Å²) in [5, 5.41) is 0.176. The minimum atomic E-state index is -1.90. The average Bonchev–Trinajstić information content (AvgIpc) is 2.45. The van der Waals surface area contributed by atoms with E-state index in [1.165, 1.54) is 16.7 Å². The van der Waals surface area contributed by atoms with Crippen molar-refractivity contribution in [1.82, 2.24) is 0 Å². The molecule has 26 heavy (non-hydrogen) atoms. The second-order valence-electron chi connectivity index (χ2n) is 9.83. The van der Waals surface area contributed by atoms with Crippen molar-refractivity contribution in [3.63, 3.8) is 0 Å². The number of hydrogen-bond acceptors (Lipinski definition) is 2. The van der Waals surface area contributed by atoms with E-state index in [1.807, 2.05) is 0 Å². The number of carbonyl (C=O) groups excluding carboxylic acids is 1. The molecule has 0 N–H and O–H groups in total. The third-order valence-electron chi connectivity index (χ3n) is 5.61. The van der Waals surface area contributed by atoms with Crippen LogP contribution in [0.4, 0.5) is 0 Å². The Hall–Kier alpha value is -1.09. The van der Waals surface area contributed by atoms with Gasteiger partial charge in [-0.25, -0.2) is 0 Å². The molecule has 0 saturated heterocycles. The molecule has 3 heteroatoms. The fraction of sp³-hybridized carbons (Fsp3) is 0.696. The Balaban J connectivity index is 3.37. The van der Waals surface area contributed by atoms with Crippen LogP contribution >= 0.6 is 0 Å². The minimum absolute atomic E-state index is 0.176. The van der Waals surface area contributed by atoms with Crippen LogP contribution in [0.1, 0.15) is 96.8 Å². The molecule has 0 amide bonds. The Kier molecular flexibility index (Phi) is 7.70. The number of hydrogen-bond donors (Lipinski definition) is 0. The molecular formula is C23H40O2Si. The number of ketones is 1. The second kappa shape index (κ2) is 8.73. The zero-order chi connectivity index (χ0) is 20.3. The van der Waals surface area contributed by atoms with Gasteiger partial charge in [0.1, 0.15) is 11.5 Å². The van der Waals surface area contributed by atoms with Crippen LogP contribution in [-0.4, -0.2) is 14.1 Å². The summed E-state index contributed by atoms with van der Waals surface area (Å²) in [6, 6.07) is 4.64. The molecule has 1 aromatic carbocycles. The van der Waals surface area contributed by atoms with Crippen molar-refractivity contribution in [2.75, 3.05) is 0 Å². The van der Waals surface area contributed by atoms with Gasteiger partial charge in [0, 0.05) is 6.42 Å². The van der Waals surface area contributed by atoms with Crippen molar-refractivity contribution in [2.24, 2.45) is 0 Å². The largest absolute Gasteiger partial charge is 0.543 e. The Morgan fingerprint density at radius 2 is 1.50 bits per heavy atom. The van der Waals surface area contributed by atoms with Gasteiger partial charge in [-0.1, -0.05) is 60.6 Å². The Morgan fingerprint density at radius 1 is 1.04 bits per heavy atom. The van der Waals surface area contributed by atoms with E-state index in [-0.39, 0.29) is 10.8 Å². The van der Waals surface area contributed by atoms with E-state index in [4.69, 9.17) is 4.43 Å². The Labute approximate surface area is 162 Å². The lowest BCUT2D eigenvalue weighted by atomic mass is 9.90. The molecule has 0 aliphatic rings. The zero-order valence-electron chi connectivity index (χ0n) is 18.7. The lowest BCUT2D eigenvalue weighted by Gasteiger charge is -2.38. The van der Waals surface area contributed by atoms with Crippen LogP contribution in [0.2, 0.25) is 18.1 Å². The highest BCUT2D eigenvalue weighted by atomic mass is 28.4. The van der Waals surface area contributed by atoms with Gasteiger partial charge < -0.3 is 9.22 Å². The van der Waals surface area contributed by atoms with E-state index in [9.17, 15) is 4.79 Å². The van der Waals surface area contributed by atoms with Crippen LogP contribution in [0, 0.1) is 0 Å². The van der Waals surface area contributed by atoms with Crippen LogP contribution in [0.25, 0.3) is 0 Å². The highest BCUT2D eigenvalue weighted by Gasteiger charge is 2.40. The Bertz CT molecular complexity index is 593. The van der Waals surface area contributed by atoms with Crippen LogP contribution in [-0.2, 0) is 11.2 Å². The van der Waals surface area contributed by atoms with Gasteiger partial charge >= 0.3 is 0 Å². The molecule has 0 radical (unpaired) electrons.